The molecule has 0 fully saturated rings. The first-order valence-corrected chi connectivity index (χ1v) is 12.2. The SMILES string of the molecule is Cc1ccccc1Cn1nc(C)c(NC(=O)C2=CC(c3cccs3)=NS(=O)(=O)N2C)c1C. The van der Waals surface area contributed by atoms with Crippen molar-refractivity contribution in [3.05, 3.63) is 80.9 Å². The number of nitrogens with zero attached hydrogens (tertiary/aromatic N) is 4. The highest BCUT2D eigenvalue weighted by atomic mass is 32.2. The molecule has 0 bridgehead atoms. The van der Waals surface area contributed by atoms with Crippen molar-refractivity contribution in [2.75, 3.05) is 12.4 Å². The van der Waals surface area contributed by atoms with Gasteiger partial charge in [0.05, 0.1) is 34.2 Å². The van der Waals surface area contributed by atoms with E-state index in [0.29, 0.717) is 22.8 Å². The summed E-state index contributed by atoms with van der Waals surface area (Å²) in [5.41, 5.74) is 4.53. The van der Waals surface area contributed by atoms with Crippen LogP contribution < -0.4 is 5.32 Å². The Kier molecular flexibility index (Phi) is 5.74. The molecule has 2 aromatic heterocycles. The number of hydrogen-bond donors (Lipinski definition) is 1. The number of thiophene rings is 1. The number of carbonyl (C=O) groups excluding carboxylic acids is 1. The zero-order chi connectivity index (χ0) is 23.0. The number of benzene rings is 1. The van der Waals surface area contributed by atoms with Gasteiger partial charge in [-0.15, -0.1) is 15.7 Å². The Hall–Kier alpha value is -3.24. The maximum atomic E-state index is 13.1. The molecule has 1 aliphatic heterocycles. The van der Waals surface area contributed by atoms with E-state index in [9.17, 15) is 13.2 Å². The zero-order valence-corrected chi connectivity index (χ0v) is 19.8. The standard InChI is InChI=1S/C22H23N5O3S2/c1-14-8-5-6-9-17(14)13-27-16(3)21(15(2)24-27)23-22(28)19-12-18(20-10-7-11-31-20)25-32(29,30)26(19)4/h5-12H,13H2,1-4H3,(H,23,28). The largest absolute Gasteiger partial charge is 0.345 e. The number of aryl methyl sites for hydroxylation is 2. The second-order valence-electron chi connectivity index (χ2n) is 7.51. The summed E-state index contributed by atoms with van der Waals surface area (Å²) in [5.74, 6) is -0.540. The van der Waals surface area contributed by atoms with Gasteiger partial charge >= 0.3 is 10.2 Å². The van der Waals surface area contributed by atoms with Crippen molar-refractivity contribution in [3.8, 4) is 0 Å². The average molecular weight is 470 g/mol. The van der Waals surface area contributed by atoms with Crippen LogP contribution in [0.25, 0.3) is 0 Å². The van der Waals surface area contributed by atoms with Crippen LogP contribution in [0.2, 0.25) is 0 Å². The fourth-order valence-corrected chi connectivity index (χ4v) is 5.11. The predicted molar refractivity (Wildman–Crippen MR) is 126 cm³/mol. The summed E-state index contributed by atoms with van der Waals surface area (Å²) in [6.07, 6.45) is 1.49. The zero-order valence-electron chi connectivity index (χ0n) is 18.2. The minimum absolute atomic E-state index is 0.00569. The molecule has 0 spiro atoms. The first-order chi connectivity index (χ1) is 15.2. The van der Waals surface area contributed by atoms with Crippen LogP contribution in [0.4, 0.5) is 5.69 Å². The van der Waals surface area contributed by atoms with Gasteiger partial charge in [0.2, 0.25) is 0 Å². The third-order valence-corrected chi connectivity index (χ3v) is 7.59. The predicted octanol–water partition coefficient (Wildman–Crippen LogP) is 3.42. The summed E-state index contributed by atoms with van der Waals surface area (Å²) >= 11 is 1.36. The lowest BCUT2D eigenvalue weighted by atomic mass is 10.1. The van der Waals surface area contributed by atoms with Crippen LogP contribution in [-0.2, 0) is 21.5 Å². The van der Waals surface area contributed by atoms with E-state index in [-0.39, 0.29) is 11.4 Å². The number of nitrogens with one attached hydrogen (secondary N) is 1. The molecule has 0 saturated heterocycles. The van der Waals surface area contributed by atoms with E-state index in [1.165, 1.54) is 24.5 Å². The van der Waals surface area contributed by atoms with Crippen LogP contribution in [0.15, 0.2) is 57.9 Å². The van der Waals surface area contributed by atoms with Crippen molar-refractivity contribution in [1.29, 1.82) is 0 Å². The van der Waals surface area contributed by atoms with Gasteiger partial charge in [-0.05, 0) is 49.4 Å². The van der Waals surface area contributed by atoms with Gasteiger partial charge in [-0.3, -0.25) is 9.48 Å². The van der Waals surface area contributed by atoms with E-state index in [4.69, 9.17) is 0 Å². The fraction of sp³-hybridized carbons (Fsp3) is 0.227. The van der Waals surface area contributed by atoms with Crippen LogP contribution in [0.5, 0.6) is 0 Å². The Morgan fingerprint density at radius 3 is 2.56 bits per heavy atom. The molecule has 3 aromatic rings. The smallest absolute Gasteiger partial charge is 0.318 e. The lowest BCUT2D eigenvalue weighted by molar-refractivity contribution is -0.113. The molecule has 166 valence electrons. The first-order valence-electron chi connectivity index (χ1n) is 9.91. The summed E-state index contributed by atoms with van der Waals surface area (Å²) < 4.78 is 31.6. The van der Waals surface area contributed by atoms with Crippen molar-refractivity contribution in [1.82, 2.24) is 14.1 Å². The molecule has 0 saturated carbocycles. The molecular formula is C22H23N5O3S2. The third-order valence-electron chi connectivity index (χ3n) is 5.38. The summed E-state index contributed by atoms with van der Waals surface area (Å²) in [7, 11) is -2.69. The number of likely N-dealkylation sites (N-methyl/N-ethyl adjacent to an activating group) is 1. The molecule has 0 unspecified atom stereocenters. The van der Waals surface area contributed by atoms with E-state index in [1.54, 1.807) is 12.1 Å². The molecule has 8 nitrogen and oxygen atoms in total. The highest BCUT2D eigenvalue weighted by Crippen LogP contribution is 2.25. The molecule has 3 heterocycles. The lowest BCUT2D eigenvalue weighted by Crippen LogP contribution is -2.35. The quantitative estimate of drug-likeness (QED) is 0.619. The van der Waals surface area contributed by atoms with Gasteiger partial charge in [-0.1, -0.05) is 30.3 Å². The van der Waals surface area contributed by atoms with Crippen molar-refractivity contribution in [2.45, 2.75) is 27.3 Å². The Morgan fingerprint density at radius 2 is 1.88 bits per heavy atom. The number of hydrogen-bond acceptors (Lipinski definition) is 5. The van der Waals surface area contributed by atoms with Gasteiger partial charge < -0.3 is 5.32 Å². The van der Waals surface area contributed by atoms with Crippen molar-refractivity contribution < 1.29 is 13.2 Å². The Labute approximate surface area is 191 Å². The van der Waals surface area contributed by atoms with Gasteiger partial charge in [0.25, 0.3) is 5.91 Å². The molecule has 1 aliphatic rings. The van der Waals surface area contributed by atoms with Crippen molar-refractivity contribution in [3.63, 3.8) is 0 Å². The van der Waals surface area contributed by atoms with Gasteiger partial charge in [-0.2, -0.15) is 13.5 Å². The average Bonchev–Trinajstić information content (AvgIpc) is 3.36. The number of allylic oxidation sites excluding steroid dienone is 1. The topological polar surface area (TPSA) is 96.7 Å². The Balaban J connectivity index is 1.63. The van der Waals surface area contributed by atoms with Crippen LogP contribution in [0, 0.1) is 20.8 Å². The summed E-state index contributed by atoms with van der Waals surface area (Å²) in [5, 5.41) is 9.26. The van der Waals surface area contributed by atoms with Crippen LogP contribution in [0.3, 0.4) is 0 Å². The maximum Gasteiger partial charge on any atom is 0.345 e. The van der Waals surface area contributed by atoms with E-state index in [2.05, 4.69) is 14.8 Å². The van der Waals surface area contributed by atoms with Gasteiger partial charge in [0.15, 0.2) is 0 Å². The van der Waals surface area contributed by atoms with Crippen molar-refractivity contribution >= 4 is 38.9 Å². The van der Waals surface area contributed by atoms with E-state index in [0.717, 1.165) is 21.1 Å². The Bertz CT molecular complexity index is 1350. The molecule has 4 rings (SSSR count). The summed E-state index contributed by atoms with van der Waals surface area (Å²) in [6.45, 7) is 6.30. The fourth-order valence-electron chi connectivity index (χ4n) is 3.46. The van der Waals surface area contributed by atoms with Gasteiger partial charge in [0.1, 0.15) is 5.70 Å². The molecule has 0 aliphatic carbocycles. The normalized spacial score (nSPS) is 15.3. The van der Waals surface area contributed by atoms with E-state index >= 15 is 0 Å². The second-order valence-corrected chi connectivity index (χ2v) is 10.1. The molecule has 10 heteroatoms. The molecule has 32 heavy (non-hydrogen) atoms. The summed E-state index contributed by atoms with van der Waals surface area (Å²) in [4.78, 5) is 13.8. The van der Waals surface area contributed by atoms with Crippen molar-refractivity contribution in [2.24, 2.45) is 4.40 Å². The lowest BCUT2D eigenvalue weighted by Gasteiger charge is -2.23. The minimum atomic E-state index is -4.01. The van der Waals surface area contributed by atoms with E-state index in [1.807, 2.05) is 55.1 Å². The van der Waals surface area contributed by atoms with Crippen LogP contribution in [-0.4, -0.2) is 41.2 Å². The first kappa shape index (κ1) is 22.0. The highest BCUT2D eigenvalue weighted by molar-refractivity contribution is 7.88. The van der Waals surface area contributed by atoms with Crippen LogP contribution in [0.1, 0.15) is 27.4 Å². The third kappa shape index (κ3) is 4.11. The molecular weight excluding hydrogens is 446 g/mol. The number of amides is 1. The second kappa shape index (κ2) is 8.36. The number of rotatable bonds is 5. The molecule has 1 amide bonds. The number of anilines is 1. The summed E-state index contributed by atoms with van der Waals surface area (Å²) in [6, 6.07) is 11.6. The monoisotopic (exact) mass is 469 g/mol. The van der Waals surface area contributed by atoms with Crippen LogP contribution >= 0.6 is 11.3 Å². The van der Waals surface area contributed by atoms with E-state index < -0.39 is 16.1 Å². The molecule has 1 aromatic carbocycles. The highest BCUT2D eigenvalue weighted by Gasteiger charge is 2.31. The molecule has 0 radical (unpaired) electrons. The Morgan fingerprint density at radius 1 is 1.12 bits per heavy atom. The maximum absolute atomic E-state index is 13.1. The number of aromatic nitrogens is 2. The van der Waals surface area contributed by atoms with Gasteiger partial charge in [0, 0.05) is 7.05 Å². The van der Waals surface area contributed by atoms with Gasteiger partial charge in [-0.25, -0.2) is 4.31 Å². The molecule has 0 atom stereocenters. The molecule has 1 N–H and O–H groups in total. The number of carbonyl (C=O) groups is 1. The minimum Gasteiger partial charge on any atom is -0.318 e.